The summed E-state index contributed by atoms with van der Waals surface area (Å²) in [6.07, 6.45) is 1.94. The molecule has 0 saturated carbocycles. The molecule has 3 saturated heterocycles. The number of amides is 7. The van der Waals surface area contributed by atoms with Gasteiger partial charge < -0.3 is 84.6 Å². The average Bonchev–Trinajstić information content (AvgIpc) is 0.810. The molecule has 108 heavy (non-hydrogen) atoms. The number of halogens is 4. The Balaban J connectivity index is 1.43. The zero-order valence-corrected chi connectivity index (χ0v) is 65.5. The van der Waals surface area contributed by atoms with Crippen LogP contribution in [0.2, 0.25) is 0 Å². The largest absolute Gasteiger partial charge is 0.463 e. The van der Waals surface area contributed by atoms with E-state index in [1.165, 1.54) is 41.5 Å². The predicted molar refractivity (Wildman–Crippen MR) is 385 cm³/mol. The van der Waals surface area contributed by atoms with Crippen molar-refractivity contribution in [3.8, 4) is 5.75 Å². The van der Waals surface area contributed by atoms with Crippen molar-refractivity contribution in [1.29, 1.82) is 0 Å². The molecule has 6 unspecified atom stereocenters. The maximum atomic E-state index is 14.7. The van der Waals surface area contributed by atoms with Gasteiger partial charge in [-0.3, -0.25) is 52.7 Å². The van der Waals surface area contributed by atoms with Crippen LogP contribution in [-0.2, 0) is 95.4 Å². The number of benzene rings is 1. The lowest BCUT2D eigenvalue weighted by Crippen LogP contribution is -2.58. The van der Waals surface area contributed by atoms with Crippen LogP contribution in [0.4, 0.5) is 17.6 Å². The van der Waals surface area contributed by atoms with Crippen LogP contribution in [0.1, 0.15) is 223 Å². The second-order valence-electron chi connectivity index (χ2n) is 29.1. The molecule has 4 rings (SSSR count). The van der Waals surface area contributed by atoms with Gasteiger partial charge in [0, 0.05) is 124 Å². The van der Waals surface area contributed by atoms with Crippen LogP contribution >= 0.6 is 0 Å². The van der Waals surface area contributed by atoms with Crippen molar-refractivity contribution >= 4 is 65.2 Å². The van der Waals surface area contributed by atoms with Crippen molar-refractivity contribution in [2.45, 2.75) is 286 Å². The van der Waals surface area contributed by atoms with E-state index in [-0.39, 0.29) is 157 Å². The topological polar surface area (TPSA) is 364 Å². The van der Waals surface area contributed by atoms with Crippen LogP contribution < -0.4 is 42.0 Å². The van der Waals surface area contributed by atoms with E-state index in [1.807, 2.05) is 41.5 Å². The first-order chi connectivity index (χ1) is 51.1. The van der Waals surface area contributed by atoms with E-state index in [0.717, 1.165) is 6.92 Å². The molecule has 7 amide bonds. The molecule has 15 atom stereocenters. The van der Waals surface area contributed by atoms with Gasteiger partial charge in [0.15, 0.2) is 30.5 Å². The fourth-order valence-corrected chi connectivity index (χ4v) is 13.4. The quantitative estimate of drug-likeness (QED) is 0.00809. The molecule has 28 nitrogen and oxygen atoms in total. The molecule has 3 aliphatic rings. The third-order valence-corrected chi connectivity index (χ3v) is 20.6. The maximum absolute atomic E-state index is 14.7. The minimum Gasteiger partial charge on any atom is -0.463 e. The molecule has 3 heterocycles. The van der Waals surface area contributed by atoms with E-state index in [2.05, 4.69) is 37.2 Å². The summed E-state index contributed by atoms with van der Waals surface area (Å²) in [5.41, 5.74) is -2.37. The van der Waals surface area contributed by atoms with Crippen molar-refractivity contribution < 1.29 is 118 Å². The van der Waals surface area contributed by atoms with E-state index < -0.39 is 156 Å². The Kier molecular flexibility index (Phi) is 41.9. The molecule has 1 aromatic rings. The Morgan fingerprint density at radius 2 is 0.685 bits per heavy atom. The number of rotatable bonds is 48. The van der Waals surface area contributed by atoms with Crippen LogP contribution in [0.25, 0.3) is 0 Å². The van der Waals surface area contributed by atoms with Crippen LogP contribution in [0.15, 0.2) is 0 Å². The van der Waals surface area contributed by atoms with Crippen LogP contribution in [0, 0.1) is 65.7 Å². The van der Waals surface area contributed by atoms with E-state index >= 15 is 0 Å². The van der Waals surface area contributed by atoms with Crippen molar-refractivity contribution in [3.05, 3.63) is 28.8 Å². The molecule has 614 valence electrons. The van der Waals surface area contributed by atoms with Gasteiger partial charge in [-0.2, -0.15) is 8.78 Å². The minimum absolute atomic E-state index is 0.0351. The third-order valence-electron chi connectivity index (χ3n) is 20.6. The summed E-state index contributed by atoms with van der Waals surface area (Å²) in [6, 6.07) is -1.34. The summed E-state index contributed by atoms with van der Waals surface area (Å²) in [5.74, 6) is -14.6. The molecule has 1 aromatic carbocycles. The van der Waals surface area contributed by atoms with Crippen LogP contribution in [0.3, 0.4) is 0 Å². The van der Waals surface area contributed by atoms with Crippen molar-refractivity contribution in [1.82, 2.24) is 37.2 Å². The van der Waals surface area contributed by atoms with Gasteiger partial charge in [-0.25, -0.2) is 8.78 Å². The first-order valence-electron chi connectivity index (χ1n) is 38.3. The summed E-state index contributed by atoms with van der Waals surface area (Å²) < 4.78 is 116. The molecule has 0 aromatic heterocycles. The highest BCUT2D eigenvalue weighted by Gasteiger charge is 2.46. The monoisotopic (exact) mass is 1540 g/mol. The molecule has 0 spiro atoms. The van der Waals surface area contributed by atoms with Gasteiger partial charge in [0.05, 0.1) is 36.4 Å². The van der Waals surface area contributed by atoms with E-state index in [0.29, 0.717) is 77.0 Å². The van der Waals surface area contributed by atoms with E-state index in [1.54, 1.807) is 0 Å². The second-order valence-corrected chi connectivity index (χ2v) is 29.1. The van der Waals surface area contributed by atoms with Crippen LogP contribution in [0.5, 0.6) is 5.75 Å². The summed E-state index contributed by atoms with van der Waals surface area (Å²) in [4.78, 5) is 140. The number of ether oxygens (including phenoxy) is 10. The van der Waals surface area contributed by atoms with Gasteiger partial charge in [-0.1, -0.05) is 80.1 Å². The molecule has 0 radical (unpaired) electrons. The van der Waals surface area contributed by atoms with Gasteiger partial charge in [-0.15, -0.1) is 0 Å². The zero-order chi connectivity index (χ0) is 80.2. The Bertz CT molecular complexity index is 2820. The molecule has 0 bridgehead atoms. The Morgan fingerprint density at radius 3 is 0.981 bits per heavy atom. The van der Waals surface area contributed by atoms with Gasteiger partial charge >= 0.3 is 23.9 Å². The molecular weight excluding hydrogens is 1420 g/mol. The lowest BCUT2D eigenvalue weighted by molar-refractivity contribution is -0.244. The highest BCUT2D eigenvalue weighted by atomic mass is 19.2. The highest BCUT2D eigenvalue weighted by molar-refractivity contribution is 5.81. The number of hydrogen-bond acceptors (Lipinski definition) is 21. The molecular formula is C76H121F4N7O21. The zero-order valence-electron chi connectivity index (χ0n) is 65.5. The Hall–Kier alpha value is -7.13. The Morgan fingerprint density at radius 1 is 0.380 bits per heavy atom. The predicted octanol–water partition coefficient (Wildman–Crippen LogP) is 8.10. The standard InChI is InChI=1S/C76H121F4N7O21/c1-44-47(4)69(84-51(8)88)73(105-57(44)41-102-54(11)91)99-38-23-17-14-20-35-81-60(94)29-32-76(87-63(97)27-26-28-64(98)108-72-67(79)65(77)50(7)66(78)68(72)80,33-30-61(95)82-36-21-15-18-24-39-100-74-70(85-52(9)89)48(5)45(2)58(106-74)42-103-55(12)92)34-31-62(96)83-37-22-16-19-25-40-101-75-71(86-53(10)90)49(6)46(3)59(107-75)43-104-56(13)93/h44-49,57-59,69-71,73-75H,14-43H2,1-13H3,(H,81,94)(H,82,95)(H,83,96)(H,84,88)(H,85,89)(H,86,90)(H,87,97)/t44-,45-,46-,47+,48+,49+,57?,58?,59?,69?,70?,71?,73-,74-,75-,76?/m1/s1. The molecule has 32 heteroatoms. The fraction of sp³-hybridized carbons (Fsp3) is 0.776. The highest BCUT2D eigenvalue weighted by Crippen LogP contribution is 2.36. The van der Waals surface area contributed by atoms with Crippen molar-refractivity contribution in [3.63, 3.8) is 0 Å². The van der Waals surface area contributed by atoms with Gasteiger partial charge in [0.25, 0.3) is 0 Å². The number of carbonyl (C=O) groups excluding carboxylic acids is 11. The average molecular weight is 1540 g/mol. The number of esters is 4. The third kappa shape index (κ3) is 32.8. The molecule has 0 aliphatic carbocycles. The number of nitrogens with one attached hydrogen (secondary N) is 7. The van der Waals surface area contributed by atoms with Crippen molar-refractivity contribution in [2.75, 3.05) is 59.3 Å². The number of carbonyl (C=O) groups is 11. The summed E-state index contributed by atoms with van der Waals surface area (Å²) in [6.45, 7) is 22.6. The van der Waals surface area contributed by atoms with Gasteiger partial charge in [0.1, 0.15) is 19.8 Å². The Labute approximate surface area is 632 Å². The molecule has 3 fully saturated rings. The lowest BCUT2D eigenvalue weighted by Gasteiger charge is -2.44. The number of unbranched alkanes of at least 4 members (excludes halogenated alkanes) is 9. The smallest absolute Gasteiger partial charge is 0.311 e. The first-order valence-corrected chi connectivity index (χ1v) is 38.3. The minimum atomic E-state index is -1.92. The first kappa shape index (κ1) is 93.3. The van der Waals surface area contributed by atoms with Gasteiger partial charge in [0.2, 0.25) is 58.7 Å². The summed E-state index contributed by atoms with van der Waals surface area (Å²) in [7, 11) is 0. The lowest BCUT2D eigenvalue weighted by atomic mass is 9.82. The van der Waals surface area contributed by atoms with E-state index in [4.69, 9.17) is 47.4 Å². The normalized spacial score (nSPS) is 24.5. The summed E-state index contributed by atoms with van der Waals surface area (Å²) in [5, 5.41) is 20.6. The van der Waals surface area contributed by atoms with E-state index in [9.17, 15) is 70.3 Å². The summed E-state index contributed by atoms with van der Waals surface area (Å²) >= 11 is 0. The number of hydrogen-bond donors (Lipinski definition) is 7. The second kappa shape index (κ2) is 48.5. The molecule has 7 N–H and O–H groups in total. The van der Waals surface area contributed by atoms with Crippen molar-refractivity contribution in [2.24, 2.45) is 35.5 Å². The molecule has 3 aliphatic heterocycles. The van der Waals surface area contributed by atoms with Crippen LogP contribution in [-0.4, -0.2) is 185 Å². The SMILES string of the molecule is CC(=O)NC1[C@H](OCCCCCCNC(=O)CCC(CCC(=O)NCCCCCCO[C@@H]2OC(COC(C)=O)[C@H](C)[C@H](C)C2NC(C)=O)(CCC(=O)NCCCCCCO[C@@H]2OC(COC(C)=O)[C@H](C)[C@H](C)C2NC(C)=O)NC(=O)CCCC(=O)Oc2c(F)c(F)c(C)c(F)c2F)OC(COC(C)=O)[C@H](C)[C@@H]1C. The van der Waals surface area contributed by atoms with Gasteiger partial charge in [-0.05, 0) is 107 Å². The maximum Gasteiger partial charge on any atom is 0.311 e. The fourth-order valence-electron chi connectivity index (χ4n) is 13.4.